The van der Waals surface area contributed by atoms with E-state index in [1.807, 2.05) is 0 Å². The minimum Gasteiger partial charge on any atom is -0.508 e. The van der Waals surface area contributed by atoms with Crippen molar-refractivity contribution >= 4 is 17.5 Å². The van der Waals surface area contributed by atoms with Crippen LogP contribution >= 0.6 is 0 Å². The van der Waals surface area contributed by atoms with Crippen LogP contribution in [0.1, 0.15) is 47.7 Å². The van der Waals surface area contributed by atoms with Gasteiger partial charge in [0.1, 0.15) is 17.4 Å². The van der Waals surface area contributed by atoms with Crippen molar-refractivity contribution in [1.29, 1.82) is 0 Å². The summed E-state index contributed by atoms with van der Waals surface area (Å²) in [6.07, 6.45) is 1.58. The summed E-state index contributed by atoms with van der Waals surface area (Å²) in [5.74, 6) is -7.14. The zero-order chi connectivity index (χ0) is 25.1. The number of carbonyl (C=O) groups excluding carboxylic acids is 3. The van der Waals surface area contributed by atoms with Gasteiger partial charge in [-0.15, -0.1) is 0 Å². The maximum absolute atomic E-state index is 13.6. The van der Waals surface area contributed by atoms with Crippen molar-refractivity contribution in [2.75, 3.05) is 14.1 Å². The quantitative estimate of drug-likeness (QED) is 0.390. The second-order valence-corrected chi connectivity index (χ2v) is 9.99. The summed E-state index contributed by atoms with van der Waals surface area (Å²) in [5.41, 5.74) is 4.44. The molecule has 1 amide bonds. The molecule has 0 bridgehead atoms. The minimum absolute atomic E-state index is 0.0763. The molecule has 9 nitrogen and oxygen atoms in total. The van der Waals surface area contributed by atoms with Gasteiger partial charge in [0.25, 0.3) is 0 Å². The van der Waals surface area contributed by atoms with Crippen molar-refractivity contribution in [3.63, 3.8) is 0 Å². The summed E-state index contributed by atoms with van der Waals surface area (Å²) in [4.78, 5) is 40.5. The number of allylic oxidation sites excluding steroid dienone is 1. The number of nitrogens with two attached hydrogens (primary N) is 1. The number of aliphatic hydroxyl groups excluding tert-OH is 2. The summed E-state index contributed by atoms with van der Waals surface area (Å²) < 4.78 is 0. The highest BCUT2D eigenvalue weighted by molar-refractivity contribution is 6.15. The van der Waals surface area contributed by atoms with Gasteiger partial charge < -0.3 is 31.1 Å². The number of benzene rings is 1. The van der Waals surface area contributed by atoms with E-state index in [0.29, 0.717) is 12.0 Å². The van der Waals surface area contributed by atoms with Crippen molar-refractivity contribution in [2.45, 2.75) is 56.8 Å². The first-order valence-corrected chi connectivity index (χ1v) is 11.7. The van der Waals surface area contributed by atoms with Crippen LogP contribution in [0.4, 0.5) is 0 Å². The lowest BCUT2D eigenvalue weighted by molar-refractivity contribution is -0.178. The Morgan fingerprint density at radius 2 is 1.91 bits per heavy atom. The third-order valence-corrected chi connectivity index (χ3v) is 7.87. The van der Waals surface area contributed by atoms with Crippen LogP contribution in [0.2, 0.25) is 0 Å². The number of ketones is 2. The van der Waals surface area contributed by atoms with Crippen LogP contribution in [0.5, 0.6) is 5.75 Å². The van der Waals surface area contributed by atoms with E-state index in [4.69, 9.17) is 5.73 Å². The van der Waals surface area contributed by atoms with Crippen molar-refractivity contribution in [1.82, 2.24) is 4.90 Å². The molecule has 0 heterocycles. The molecule has 3 aliphatic carbocycles. The number of aromatic hydroxyl groups is 1. The number of amides is 1. The monoisotopic (exact) mass is 472 g/mol. The first-order valence-electron chi connectivity index (χ1n) is 11.7. The second-order valence-electron chi connectivity index (χ2n) is 9.99. The number of primary amides is 1. The van der Waals surface area contributed by atoms with Gasteiger partial charge in [-0.3, -0.25) is 14.4 Å². The zero-order valence-corrected chi connectivity index (χ0v) is 19.6. The number of hydrogen-bond acceptors (Lipinski definition) is 8. The first-order chi connectivity index (χ1) is 16.0. The van der Waals surface area contributed by atoms with Crippen LogP contribution in [-0.4, -0.2) is 74.6 Å². The highest BCUT2D eigenvalue weighted by Crippen LogP contribution is 2.52. The molecule has 184 valence electrons. The maximum Gasteiger partial charge on any atom is 0.230 e. The molecule has 1 fully saturated rings. The normalized spacial score (nSPS) is 32.9. The number of aryl methyl sites for hydroxylation is 1. The van der Waals surface area contributed by atoms with Crippen LogP contribution in [-0.2, 0) is 22.4 Å². The lowest BCUT2D eigenvalue weighted by Crippen LogP contribution is -2.71. The number of fused-ring (bicyclic) bond motifs is 3. The lowest BCUT2D eigenvalue weighted by atomic mass is 9.56. The molecule has 4 rings (SSSR count). The van der Waals surface area contributed by atoms with Crippen molar-refractivity contribution in [3.05, 3.63) is 40.2 Å². The molecule has 6 N–H and O–H groups in total. The van der Waals surface area contributed by atoms with E-state index < -0.39 is 58.7 Å². The highest BCUT2D eigenvalue weighted by Gasteiger charge is 2.66. The summed E-state index contributed by atoms with van der Waals surface area (Å²) in [7, 11) is 3.28. The standard InChI is InChI=1S/C25H32N2O7/c1-4-5-6-11-7-8-15(28)17-13(11)9-12-10-14-19(27(2)3)21(30)18(24(26)33)23(32)25(14,34)22(31)16(12)20(17)29/h7-8,12,14,18-19,21,28,30-31,34H,4-6,9-10H2,1-3H3,(H2,26,33)/t12-,14-,18?,19-,21?,25-/m0/s1. The molecule has 9 heteroatoms. The number of likely N-dealkylation sites (N-methyl/N-ethyl adjacent to an activating group) is 1. The molecular weight excluding hydrogens is 440 g/mol. The highest BCUT2D eigenvalue weighted by atomic mass is 16.3. The molecule has 2 unspecified atom stereocenters. The van der Waals surface area contributed by atoms with Gasteiger partial charge in [-0.25, -0.2) is 0 Å². The molecule has 0 spiro atoms. The lowest BCUT2D eigenvalue weighted by Gasteiger charge is -2.53. The maximum atomic E-state index is 13.6. The molecule has 34 heavy (non-hydrogen) atoms. The second kappa shape index (κ2) is 8.48. The van der Waals surface area contributed by atoms with Gasteiger partial charge in [-0.1, -0.05) is 19.4 Å². The Hall–Kier alpha value is -2.75. The van der Waals surface area contributed by atoms with Crippen LogP contribution in [0.15, 0.2) is 23.5 Å². The van der Waals surface area contributed by atoms with Crippen LogP contribution in [0, 0.1) is 17.8 Å². The van der Waals surface area contributed by atoms with Crippen LogP contribution < -0.4 is 5.73 Å². The van der Waals surface area contributed by atoms with Gasteiger partial charge in [0, 0.05) is 17.5 Å². The van der Waals surface area contributed by atoms with Gasteiger partial charge in [0.05, 0.1) is 11.7 Å². The van der Waals surface area contributed by atoms with E-state index in [9.17, 15) is 34.8 Å². The zero-order valence-electron chi connectivity index (χ0n) is 19.6. The number of aliphatic hydroxyl groups is 3. The Labute approximate surface area is 197 Å². The molecule has 0 aromatic heterocycles. The number of Topliss-reactive ketones (excluding diaryl/α,β-unsaturated/α-hetero) is 2. The molecule has 1 aromatic rings. The van der Waals surface area contributed by atoms with Crippen LogP contribution in [0.25, 0.3) is 0 Å². The fourth-order valence-electron chi connectivity index (χ4n) is 6.27. The fraction of sp³-hybridized carbons (Fsp3) is 0.560. The Balaban J connectivity index is 1.90. The Kier molecular flexibility index (Phi) is 6.08. The van der Waals surface area contributed by atoms with Crippen molar-refractivity contribution in [2.24, 2.45) is 23.5 Å². The summed E-state index contributed by atoms with van der Waals surface area (Å²) in [6, 6.07) is 2.38. The van der Waals surface area contributed by atoms with Gasteiger partial charge in [0.2, 0.25) is 5.91 Å². The Morgan fingerprint density at radius 3 is 2.50 bits per heavy atom. The Bertz CT molecular complexity index is 1090. The molecule has 1 aromatic carbocycles. The number of hydrogen-bond donors (Lipinski definition) is 5. The van der Waals surface area contributed by atoms with E-state index in [1.165, 1.54) is 6.07 Å². The molecular formula is C25H32N2O7. The number of phenolic OH excluding ortho intramolecular Hbond substituents is 1. The average Bonchev–Trinajstić information content (AvgIpc) is 2.75. The van der Waals surface area contributed by atoms with E-state index in [2.05, 4.69) is 6.92 Å². The molecule has 3 aliphatic rings. The predicted octanol–water partition coefficient (Wildman–Crippen LogP) is 0.628. The minimum atomic E-state index is -2.55. The number of unbranched alkanes of at least 4 members (excludes halogenated alkanes) is 1. The number of carbonyl (C=O) groups is 3. The number of phenols is 1. The smallest absolute Gasteiger partial charge is 0.230 e. The van der Waals surface area contributed by atoms with E-state index in [-0.39, 0.29) is 23.3 Å². The van der Waals surface area contributed by atoms with Crippen molar-refractivity contribution in [3.8, 4) is 5.75 Å². The predicted molar refractivity (Wildman–Crippen MR) is 122 cm³/mol. The van der Waals surface area contributed by atoms with Crippen molar-refractivity contribution < 1.29 is 34.8 Å². The SMILES string of the molecule is CCCCc1ccc(O)c2c1C[C@H]1C[C@H]3[C@H](N(C)C)C(O)C(C(N)=O)C(=O)[C@@]3(O)C(O)=C1C2=O. The topological polar surface area (TPSA) is 161 Å². The fourth-order valence-corrected chi connectivity index (χ4v) is 6.27. The number of rotatable bonds is 5. The average molecular weight is 473 g/mol. The molecule has 0 saturated heterocycles. The van der Waals surface area contributed by atoms with Gasteiger partial charge in [0.15, 0.2) is 17.2 Å². The largest absolute Gasteiger partial charge is 0.508 e. The summed E-state index contributed by atoms with van der Waals surface area (Å²) in [5, 5.41) is 44.3. The third-order valence-electron chi connectivity index (χ3n) is 7.87. The first kappa shape index (κ1) is 24.4. The molecule has 1 saturated carbocycles. The van der Waals surface area contributed by atoms with E-state index in [0.717, 1.165) is 24.8 Å². The van der Waals surface area contributed by atoms with Gasteiger partial charge >= 0.3 is 0 Å². The molecule has 6 atom stereocenters. The Morgan fingerprint density at radius 1 is 1.24 bits per heavy atom. The molecule has 0 radical (unpaired) electrons. The molecule has 0 aliphatic heterocycles. The summed E-state index contributed by atoms with van der Waals surface area (Å²) >= 11 is 0. The summed E-state index contributed by atoms with van der Waals surface area (Å²) in [6.45, 7) is 2.06. The third kappa shape index (κ3) is 3.29. The van der Waals surface area contributed by atoms with E-state index in [1.54, 1.807) is 25.1 Å². The van der Waals surface area contributed by atoms with Gasteiger partial charge in [-0.05, 0) is 62.9 Å². The van der Waals surface area contributed by atoms with E-state index >= 15 is 0 Å². The number of nitrogens with zero attached hydrogens (tertiary/aromatic N) is 1. The van der Waals surface area contributed by atoms with Gasteiger partial charge in [-0.2, -0.15) is 0 Å². The van der Waals surface area contributed by atoms with Crippen LogP contribution in [0.3, 0.4) is 0 Å².